The lowest BCUT2D eigenvalue weighted by atomic mass is 10.0. The molecule has 2 amide bonds. The number of aryl methyl sites for hydroxylation is 2. The zero-order chi connectivity index (χ0) is 27.7. The van der Waals surface area contributed by atoms with Crippen LogP contribution in [0.25, 0.3) is 5.03 Å². The van der Waals surface area contributed by atoms with Gasteiger partial charge in [0.1, 0.15) is 0 Å². The van der Waals surface area contributed by atoms with E-state index in [9.17, 15) is 9.59 Å². The van der Waals surface area contributed by atoms with Crippen molar-refractivity contribution in [3.8, 4) is 17.2 Å². The Kier molecular flexibility index (Phi) is 9.96. The number of para-hydroxylation sites is 2. The molecule has 0 unspecified atom stereocenters. The van der Waals surface area contributed by atoms with E-state index in [0.29, 0.717) is 39.8 Å². The first-order valence-corrected chi connectivity index (χ1v) is 12.2. The zero-order valence-corrected chi connectivity index (χ0v) is 22.8. The average molecular weight is 535 g/mol. The number of anilines is 2. The first-order valence-electron chi connectivity index (χ1n) is 11.9. The summed E-state index contributed by atoms with van der Waals surface area (Å²) in [6, 6.07) is 18.3. The molecule has 198 valence electrons. The monoisotopic (exact) mass is 534 g/mol. The topological polar surface area (TPSA) is 85.9 Å². The zero-order valence-electron chi connectivity index (χ0n) is 22.1. The standard InChI is InChI=1S/C30H31ClN2O5/c1-19-10-6-8-12-23(19)32-26(34)17-14-21(18-27(35)33-24-13-9-7-11-20(24)2)28(31)22-15-16-25(36-3)30(38-5)29(22)37-4/h6-17H,18H2,1-5H3,(H,32,34)(H,33,35)/b17-14+,28-21-. The fourth-order valence-electron chi connectivity index (χ4n) is 3.80. The van der Waals surface area contributed by atoms with Crippen LogP contribution in [0.2, 0.25) is 0 Å². The van der Waals surface area contributed by atoms with E-state index in [4.69, 9.17) is 25.8 Å². The van der Waals surface area contributed by atoms with Crippen molar-refractivity contribution < 1.29 is 23.8 Å². The van der Waals surface area contributed by atoms with Crippen LogP contribution in [-0.2, 0) is 9.59 Å². The molecular weight excluding hydrogens is 504 g/mol. The summed E-state index contributed by atoms with van der Waals surface area (Å²) in [4.78, 5) is 25.8. The second-order valence-electron chi connectivity index (χ2n) is 8.40. The molecule has 0 heterocycles. The van der Waals surface area contributed by atoms with E-state index in [1.165, 1.54) is 33.5 Å². The van der Waals surface area contributed by atoms with Gasteiger partial charge in [-0.1, -0.05) is 54.1 Å². The van der Waals surface area contributed by atoms with Gasteiger partial charge in [-0.05, 0) is 54.8 Å². The van der Waals surface area contributed by atoms with Crippen LogP contribution in [-0.4, -0.2) is 33.1 Å². The fourth-order valence-corrected chi connectivity index (χ4v) is 4.08. The van der Waals surface area contributed by atoms with Gasteiger partial charge in [0.25, 0.3) is 0 Å². The number of amides is 2. The molecule has 8 heteroatoms. The maximum atomic E-state index is 13.1. The molecule has 0 bridgehead atoms. The normalized spacial score (nSPS) is 11.5. The molecule has 0 radical (unpaired) electrons. The highest BCUT2D eigenvalue weighted by Crippen LogP contribution is 2.44. The number of methoxy groups -OCH3 is 3. The molecule has 38 heavy (non-hydrogen) atoms. The van der Waals surface area contributed by atoms with Crippen molar-refractivity contribution in [3.63, 3.8) is 0 Å². The van der Waals surface area contributed by atoms with E-state index in [-0.39, 0.29) is 23.3 Å². The largest absolute Gasteiger partial charge is 0.493 e. The number of halogens is 1. The van der Waals surface area contributed by atoms with Gasteiger partial charge in [-0.25, -0.2) is 0 Å². The Balaban J connectivity index is 2.00. The minimum atomic E-state index is -0.361. The molecule has 0 fully saturated rings. The first kappa shape index (κ1) is 28.3. The van der Waals surface area contributed by atoms with Crippen molar-refractivity contribution in [2.75, 3.05) is 32.0 Å². The van der Waals surface area contributed by atoms with Crippen LogP contribution in [0.4, 0.5) is 11.4 Å². The summed E-state index contributed by atoms with van der Waals surface area (Å²) in [7, 11) is 4.50. The summed E-state index contributed by atoms with van der Waals surface area (Å²) < 4.78 is 16.4. The molecule has 3 rings (SSSR count). The predicted octanol–water partition coefficient (Wildman–Crippen LogP) is 6.50. The minimum absolute atomic E-state index is 0.0984. The maximum absolute atomic E-state index is 13.1. The number of allylic oxidation sites excluding steroid dienone is 1. The Bertz CT molecular complexity index is 1380. The lowest BCUT2D eigenvalue weighted by molar-refractivity contribution is -0.115. The fraction of sp³-hybridized carbons (Fsp3) is 0.200. The van der Waals surface area contributed by atoms with Gasteiger partial charge in [0.2, 0.25) is 17.6 Å². The first-order chi connectivity index (χ1) is 18.3. The Hall–Kier alpha value is -4.23. The van der Waals surface area contributed by atoms with E-state index >= 15 is 0 Å². The molecule has 0 saturated heterocycles. The molecular formula is C30H31ClN2O5. The lowest BCUT2D eigenvalue weighted by Gasteiger charge is -2.17. The SMILES string of the molecule is COc1ccc(/C(Cl)=C(\C=C\C(=O)Nc2ccccc2C)CC(=O)Nc2ccccc2C)c(OC)c1OC. The number of rotatable bonds is 10. The molecule has 0 saturated carbocycles. The van der Waals surface area contributed by atoms with Crippen LogP contribution in [0, 0.1) is 13.8 Å². The van der Waals surface area contributed by atoms with E-state index in [1.54, 1.807) is 12.1 Å². The predicted molar refractivity (Wildman–Crippen MR) is 152 cm³/mol. The van der Waals surface area contributed by atoms with Gasteiger partial charge >= 0.3 is 0 Å². The second kappa shape index (κ2) is 13.4. The Morgan fingerprint density at radius 1 is 0.763 bits per heavy atom. The van der Waals surface area contributed by atoms with E-state index in [0.717, 1.165) is 11.1 Å². The second-order valence-corrected chi connectivity index (χ2v) is 8.78. The van der Waals surface area contributed by atoms with Gasteiger partial charge < -0.3 is 24.8 Å². The Morgan fingerprint density at radius 2 is 1.34 bits per heavy atom. The number of hydrogen-bond acceptors (Lipinski definition) is 5. The minimum Gasteiger partial charge on any atom is -0.493 e. The van der Waals surface area contributed by atoms with Crippen LogP contribution in [0.5, 0.6) is 17.2 Å². The molecule has 0 aliphatic heterocycles. The molecule has 7 nitrogen and oxygen atoms in total. The lowest BCUT2D eigenvalue weighted by Crippen LogP contribution is -2.14. The van der Waals surface area contributed by atoms with Crippen LogP contribution in [0.1, 0.15) is 23.1 Å². The van der Waals surface area contributed by atoms with Crippen molar-refractivity contribution in [1.82, 2.24) is 0 Å². The van der Waals surface area contributed by atoms with Crippen molar-refractivity contribution >= 4 is 39.8 Å². The van der Waals surface area contributed by atoms with Gasteiger partial charge in [-0.2, -0.15) is 0 Å². The smallest absolute Gasteiger partial charge is 0.248 e. The summed E-state index contributed by atoms with van der Waals surface area (Å²) in [5, 5.41) is 5.98. The Morgan fingerprint density at radius 3 is 1.89 bits per heavy atom. The third-order valence-corrected chi connectivity index (χ3v) is 6.28. The van der Waals surface area contributed by atoms with Gasteiger partial charge in [0.05, 0.1) is 32.8 Å². The van der Waals surface area contributed by atoms with Crippen molar-refractivity contribution in [2.24, 2.45) is 0 Å². The van der Waals surface area contributed by atoms with Crippen LogP contribution >= 0.6 is 11.6 Å². The number of carbonyl (C=O) groups excluding carboxylic acids is 2. The Labute approximate surface area is 228 Å². The molecule has 0 atom stereocenters. The molecule has 2 N–H and O–H groups in total. The highest BCUT2D eigenvalue weighted by Gasteiger charge is 2.20. The maximum Gasteiger partial charge on any atom is 0.248 e. The third-order valence-electron chi connectivity index (χ3n) is 5.83. The number of hydrogen-bond donors (Lipinski definition) is 2. The van der Waals surface area contributed by atoms with E-state index in [1.807, 2.05) is 62.4 Å². The highest BCUT2D eigenvalue weighted by molar-refractivity contribution is 6.50. The van der Waals surface area contributed by atoms with Gasteiger partial charge in [0.15, 0.2) is 11.5 Å². The van der Waals surface area contributed by atoms with Gasteiger partial charge in [-0.3, -0.25) is 9.59 Å². The number of benzene rings is 3. The average Bonchev–Trinajstić information content (AvgIpc) is 2.92. The van der Waals surface area contributed by atoms with E-state index < -0.39 is 0 Å². The van der Waals surface area contributed by atoms with Crippen LogP contribution < -0.4 is 24.8 Å². The number of carbonyl (C=O) groups is 2. The quantitative estimate of drug-likeness (QED) is 0.229. The summed E-state index contributed by atoms with van der Waals surface area (Å²) in [5.74, 6) is 0.502. The molecule has 0 aliphatic carbocycles. The molecule has 3 aromatic rings. The molecule has 0 aliphatic rings. The number of nitrogens with one attached hydrogen (secondary N) is 2. The molecule has 3 aromatic carbocycles. The third kappa shape index (κ3) is 6.95. The van der Waals surface area contributed by atoms with Crippen molar-refractivity contribution in [2.45, 2.75) is 20.3 Å². The van der Waals surface area contributed by atoms with Crippen LogP contribution in [0.3, 0.4) is 0 Å². The summed E-state index contributed by atoms with van der Waals surface area (Å²) in [6.07, 6.45) is 2.78. The summed E-state index contributed by atoms with van der Waals surface area (Å²) in [6.45, 7) is 3.81. The van der Waals surface area contributed by atoms with E-state index in [2.05, 4.69) is 10.6 Å². The van der Waals surface area contributed by atoms with Crippen LogP contribution in [0.15, 0.2) is 78.4 Å². The van der Waals surface area contributed by atoms with Crippen molar-refractivity contribution in [1.29, 1.82) is 0 Å². The summed E-state index contributed by atoms with van der Waals surface area (Å²) >= 11 is 6.87. The molecule has 0 aromatic heterocycles. The van der Waals surface area contributed by atoms with Gasteiger partial charge in [0, 0.05) is 23.0 Å². The van der Waals surface area contributed by atoms with Gasteiger partial charge in [-0.15, -0.1) is 0 Å². The summed E-state index contributed by atoms with van der Waals surface area (Å²) in [5.41, 5.74) is 4.12. The van der Waals surface area contributed by atoms with Crippen molar-refractivity contribution in [3.05, 3.63) is 95.1 Å². The molecule has 0 spiro atoms. The number of ether oxygens (including phenoxy) is 3. The highest BCUT2D eigenvalue weighted by atomic mass is 35.5.